The molecular formula is C9H12BrN3S. The summed E-state index contributed by atoms with van der Waals surface area (Å²) in [5.41, 5.74) is 10.5. The van der Waals surface area contributed by atoms with Crippen LogP contribution in [0.4, 0.5) is 5.69 Å². The van der Waals surface area contributed by atoms with Crippen molar-refractivity contribution in [3.63, 3.8) is 0 Å². The highest BCUT2D eigenvalue weighted by molar-refractivity contribution is 9.10. The fourth-order valence-electron chi connectivity index (χ4n) is 1.06. The number of anilines is 1. The van der Waals surface area contributed by atoms with E-state index < -0.39 is 0 Å². The molecule has 0 aliphatic carbocycles. The van der Waals surface area contributed by atoms with Gasteiger partial charge >= 0.3 is 0 Å². The van der Waals surface area contributed by atoms with E-state index in [1.54, 1.807) is 0 Å². The lowest BCUT2D eigenvalue weighted by Crippen LogP contribution is -2.22. The van der Waals surface area contributed by atoms with Gasteiger partial charge in [0.2, 0.25) is 0 Å². The van der Waals surface area contributed by atoms with Crippen molar-refractivity contribution in [2.45, 2.75) is 0 Å². The van der Waals surface area contributed by atoms with Gasteiger partial charge < -0.3 is 11.2 Å². The molecule has 1 aromatic rings. The quantitative estimate of drug-likeness (QED) is 0.653. The van der Waals surface area contributed by atoms with Crippen molar-refractivity contribution in [3.8, 4) is 0 Å². The molecule has 5 heteroatoms. The minimum absolute atomic E-state index is 0.385. The Hall–Kier alpha value is -0.650. The lowest BCUT2D eigenvalue weighted by atomic mass is 10.2. The summed E-state index contributed by atoms with van der Waals surface area (Å²) in [6.07, 6.45) is 0. The molecule has 0 bridgehead atoms. The van der Waals surface area contributed by atoms with Crippen molar-refractivity contribution >= 4 is 38.8 Å². The van der Waals surface area contributed by atoms with E-state index in [1.807, 2.05) is 37.3 Å². The lowest BCUT2D eigenvalue weighted by Gasteiger charge is -2.16. The van der Waals surface area contributed by atoms with Crippen LogP contribution in [-0.2, 0) is 0 Å². The fourth-order valence-corrected chi connectivity index (χ4v) is 1.59. The van der Waals surface area contributed by atoms with Crippen LogP contribution < -0.4 is 11.2 Å². The summed E-state index contributed by atoms with van der Waals surface area (Å²) in [6, 6.07) is 5.76. The van der Waals surface area contributed by atoms with E-state index in [0.29, 0.717) is 4.99 Å². The van der Waals surface area contributed by atoms with E-state index in [1.165, 1.54) is 0 Å². The number of hydrazine groups is 1. The normalized spacial score (nSPS) is 10.3. The van der Waals surface area contributed by atoms with Gasteiger partial charge in [0.05, 0.1) is 5.69 Å². The number of benzene rings is 1. The SMILES string of the molecule is CN(C)Nc1ccc(Br)cc1C(N)=S. The molecule has 3 N–H and O–H groups in total. The lowest BCUT2D eigenvalue weighted by molar-refractivity contribution is 0.495. The molecule has 0 saturated carbocycles. The number of nitrogens with zero attached hydrogens (tertiary/aromatic N) is 1. The van der Waals surface area contributed by atoms with Crippen molar-refractivity contribution < 1.29 is 0 Å². The van der Waals surface area contributed by atoms with E-state index in [2.05, 4.69) is 21.4 Å². The molecule has 3 nitrogen and oxygen atoms in total. The first-order valence-corrected chi connectivity index (χ1v) is 5.24. The third-order valence-corrected chi connectivity index (χ3v) is 2.30. The third kappa shape index (κ3) is 2.94. The highest BCUT2D eigenvalue weighted by atomic mass is 79.9. The zero-order valence-corrected chi connectivity index (χ0v) is 10.4. The van der Waals surface area contributed by atoms with Gasteiger partial charge in [-0.1, -0.05) is 28.1 Å². The van der Waals surface area contributed by atoms with Gasteiger partial charge in [-0.15, -0.1) is 0 Å². The molecule has 76 valence electrons. The van der Waals surface area contributed by atoms with Gasteiger partial charge in [-0.3, -0.25) is 0 Å². The number of hydrogen-bond donors (Lipinski definition) is 2. The minimum atomic E-state index is 0.385. The zero-order valence-electron chi connectivity index (χ0n) is 8.04. The molecule has 0 radical (unpaired) electrons. The Labute approximate surface area is 97.4 Å². The van der Waals surface area contributed by atoms with Gasteiger partial charge in [-0.25, -0.2) is 5.01 Å². The number of rotatable bonds is 3. The second kappa shape index (κ2) is 4.72. The number of halogens is 1. The molecular weight excluding hydrogens is 262 g/mol. The van der Waals surface area contributed by atoms with Crippen LogP contribution in [0.2, 0.25) is 0 Å². The summed E-state index contributed by atoms with van der Waals surface area (Å²) < 4.78 is 0.963. The fraction of sp³-hybridized carbons (Fsp3) is 0.222. The highest BCUT2D eigenvalue weighted by Crippen LogP contribution is 2.21. The first-order valence-electron chi connectivity index (χ1n) is 4.04. The maximum absolute atomic E-state index is 5.61. The molecule has 0 aliphatic heterocycles. The van der Waals surface area contributed by atoms with E-state index in [0.717, 1.165) is 15.7 Å². The van der Waals surface area contributed by atoms with Crippen LogP contribution in [0.15, 0.2) is 22.7 Å². The maximum Gasteiger partial charge on any atom is 0.106 e. The van der Waals surface area contributed by atoms with E-state index in [9.17, 15) is 0 Å². The van der Waals surface area contributed by atoms with Crippen LogP contribution in [0.1, 0.15) is 5.56 Å². The number of thiocarbonyl (C=S) groups is 1. The number of hydrogen-bond acceptors (Lipinski definition) is 3. The first kappa shape index (κ1) is 11.4. The zero-order chi connectivity index (χ0) is 10.7. The van der Waals surface area contributed by atoms with Gasteiger partial charge in [0.15, 0.2) is 0 Å². The Morgan fingerprint density at radius 1 is 1.50 bits per heavy atom. The Balaban J connectivity index is 3.08. The summed E-state index contributed by atoms with van der Waals surface area (Å²) in [4.78, 5) is 0.385. The van der Waals surface area contributed by atoms with Crippen LogP contribution in [0.3, 0.4) is 0 Å². The van der Waals surface area contributed by atoms with Crippen LogP contribution in [0, 0.1) is 0 Å². The molecule has 1 aromatic carbocycles. The monoisotopic (exact) mass is 273 g/mol. The minimum Gasteiger partial charge on any atom is -0.389 e. The third-order valence-electron chi connectivity index (χ3n) is 1.59. The van der Waals surface area contributed by atoms with Gasteiger partial charge in [0, 0.05) is 24.1 Å². The summed E-state index contributed by atoms with van der Waals surface area (Å²) in [7, 11) is 3.82. The van der Waals surface area contributed by atoms with Gasteiger partial charge in [0.25, 0.3) is 0 Å². The van der Waals surface area contributed by atoms with Crippen molar-refractivity contribution in [2.24, 2.45) is 5.73 Å². The molecule has 1 rings (SSSR count). The second-order valence-electron chi connectivity index (χ2n) is 3.06. The summed E-state index contributed by atoms with van der Waals surface area (Å²) in [6.45, 7) is 0. The maximum atomic E-state index is 5.61. The highest BCUT2D eigenvalue weighted by Gasteiger charge is 2.05. The van der Waals surface area contributed by atoms with Crippen LogP contribution in [-0.4, -0.2) is 24.1 Å². The molecule has 0 heterocycles. The predicted molar refractivity (Wildman–Crippen MR) is 67.3 cm³/mol. The summed E-state index contributed by atoms with van der Waals surface area (Å²) in [5, 5.41) is 1.84. The van der Waals surface area contributed by atoms with Gasteiger partial charge in [-0.2, -0.15) is 0 Å². The van der Waals surface area contributed by atoms with Crippen molar-refractivity contribution in [3.05, 3.63) is 28.2 Å². The Morgan fingerprint density at radius 3 is 2.64 bits per heavy atom. The van der Waals surface area contributed by atoms with Crippen LogP contribution >= 0.6 is 28.1 Å². The van der Waals surface area contributed by atoms with E-state index in [-0.39, 0.29) is 0 Å². The molecule has 14 heavy (non-hydrogen) atoms. The molecule has 0 aromatic heterocycles. The average Bonchev–Trinajstić information content (AvgIpc) is 2.07. The van der Waals surface area contributed by atoms with Crippen LogP contribution in [0.25, 0.3) is 0 Å². The molecule has 0 unspecified atom stereocenters. The first-order chi connectivity index (χ1) is 6.50. The van der Waals surface area contributed by atoms with E-state index in [4.69, 9.17) is 18.0 Å². The molecule has 0 aliphatic rings. The smallest absolute Gasteiger partial charge is 0.106 e. The Morgan fingerprint density at radius 2 is 2.14 bits per heavy atom. The second-order valence-corrected chi connectivity index (χ2v) is 4.42. The summed E-state index contributed by atoms with van der Waals surface area (Å²) >= 11 is 8.33. The van der Waals surface area contributed by atoms with Crippen molar-refractivity contribution in [1.82, 2.24) is 5.01 Å². The largest absolute Gasteiger partial charge is 0.389 e. The number of nitrogens with two attached hydrogens (primary N) is 1. The van der Waals surface area contributed by atoms with Crippen LogP contribution in [0.5, 0.6) is 0 Å². The molecule has 0 amide bonds. The molecule has 0 atom stereocenters. The Bertz CT molecular complexity index is 352. The molecule has 0 saturated heterocycles. The summed E-state index contributed by atoms with van der Waals surface area (Å²) in [5.74, 6) is 0. The molecule has 0 spiro atoms. The Kier molecular flexibility index (Phi) is 3.86. The number of nitrogens with one attached hydrogen (secondary N) is 1. The standard InChI is InChI=1S/C9H12BrN3S/c1-13(2)12-8-4-3-6(10)5-7(8)9(11)14/h3-5,12H,1-2H3,(H2,11,14). The van der Waals surface area contributed by atoms with Crippen molar-refractivity contribution in [2.75, 3.05) is 19.5 Å². The van der Waals surface area contributed by atoms with Gasteiger partial charge in [-0.05, 0) is 18.2 Å². The topological polar surface area (TPSA) is 41.3 Å². The molecule has 0 fully saturated rings. The average molecular weight is 274 g/mol. The van der Waals surface area contributed by atoms with E-state index >= 15 is 0 Å². The van der Waals surface area contributed by atoms with Crippen molar-refractivity contribution in [1.29, 1.82) is 0 Å². The predicted octanol–water partition coefficient (Wildman–Crippen LogP) is 1.97. The van der Waals surface area contributed by atoms with Gasteiger partial charge in [0.1, 0.15) is 4.99 Å².